The Morgan fingerprint density at radius 1 is 1.25 bits per heavy atom. The molecule has 0 spiro atoms. The molecule has 1 heterocycles. The third kappa shape index (κ3) is 2.62. The predicted octanol–water partition coefficient (Wildman–Crippen LogP) is 1.60. The molecule has 2 N–H and O–H groups in total. The van der Waals surface area contributed by atoms with Gasteiger partial charge in [0.1, 0.15) is 6.04 Å². The molecule has 0 aliphatic carbocycles. The lowest BCUT2D eigenvalue weighted by molar-refractivity contribution is -0.142. The lowest BCUT2D eigenvalue weighted by Gasteiger charge is -2.17. The van der Waals surface area contributed by atoms with Gasteiger partial charge in [-0.05, 0) is 32.4 Å². The Labute approximate surface area is 93.3 Å². The summed E-state index contributed by atoms with van der Waals surface area (Å²) in [5, 5.41) is 17.7. The minimum Gasteiger partial charge on any atom is -0.481 e. The maximum atomic E-state index is 11.1. The number of aryl methyl sites for hydroxylation is 2. The first-order valence-electron chi connectivity index (χ1n) is 5.02. The summed E-state index contributed by atoms with van der Waals surface area (Å²) in [4.78, 5) is 21.6. The van der Waals surface area contributed by atoms with Gasteiger partial charge in [0, 0.05) is 17.8 Å². The Bertz CT molecular complexity index is 389. The fraction of sp³-hybridized carbons (Fsp3) is 0.455. The zero-order valence-electron chi connectivity index (χ0n) is 9.30. The first kappa shape index (κ1) is 12.3. The zero-order chi connectivity index (χ0) is 12.3. The van der Waals surface area contributed by atoms with Gasteiger partial charge in [0.25, 0.3) is 0 Å². The molecule has 1 atom stereocenters. The van der Waals surface area contributed by atoms with Gasteiger partial charge in [-0.25, -0.2) is 4.79 Å². The summed E-state index contributed by atoms with van der Waals surface area (Å²) in [6.07, 6.45) is -0.0466. The van der Waals surface area contributed by atoms with Gasteiger partial charge in [0.05, 0.1) is 0 Å². The number of aliphatic carboxylic acids is 2. The average Bonchev–Trinajstić information content (AvgIpc) is 2.48. The first-order valence-corrected chi connectivity index (χ1v) is 5.02. The molecule has 0 aromatic carbocycles. The van der Waals surface area contributed by atoms with Crippen molar-refractivity contribution in [3.63, 3.8) is 0 Å². The Morgan fingerprint density at radius 3 is 2.12 bits per heavy atom. The third-order valence-corrected chi connectivity index (χ3v) is 2.55. The number of hydrogen-bond donors (Lipinski definition) is 2. The zero-order valence-corrected chi connectivity index (χ0v) is 9.30. The summed E-state index contributed by atoms with van der Waals surface area (Å²) in [6.45, 7) is 3.62. The summed E-state index contributed by atoms with van der Waals surface area (Å²) in [5.41, 5.74) is 1.66. The van der Waals surface area contributed by atoms with Crippen molar-refractivity contribution in [1.82, 2.24) is 4.57 Å². The Hall–Kier alpha value is -1.78. The summed E-state index contributed by atoms with van der Waals surface area (Å²) in [5.74, 6) is -1.97. The van der Waals surface area contributed by atoms with Crippen molar-refractivity contribution in [2.75, 3.05) is 0 Å². The molecule has 0 saturated heterocycles. The minimum absolute atomic E-state index is 0.0982. The molecule has 0 bridgehead atoms. The van der Waals surface area contributed by atoms with Crippen LogP contribution in [0.25, 0.3) is 0 Å². The molecule has 0 amide bonds. The van der Waals surface area contributed by atoms with Crippen LogP contribution in [-0.4, -0.2) is 26.7 Å². The second-order valence-corrected chi connectivity index (χ2v) is 3.77. The lowest BCUT2D eigenvalue weighted by atomic mass is 10.1. The van der Waals surface area contributed by atoms with Gasteiger partial charge in [-0.15, -0.1) is 0 Å². The number of rotatable bonds is 5. The van der Waals surface area contributed by atoms with Crippen LogP contribution in [0.5, 0.6) is 0 Å². The summed E-state index contributed by atoms with van der Waals surface area (Å²) >= 11 is 0. The molecule has 0 aliphatic heterocycles. The Kier molecular flexibility index (Phi) is 3.71. The van der Waals surface area contributed by atoms with Gasteiger partial charge < -0.3 is 14.8 Å². The van der Waals surface area contributed by atoms with E-state index in [1.165, 1.54) is 0 Å². The third-order valence-electron chi connectivity index (χ3n) is 2.55. The summed E-state index contributed by atoms with van der Waals surface area (Å²) < 4.78 is 1.66. The minimum atomic E-state index is -0.997. The number of aromatic nitrogens is 1. The van der Waals surface area contributed by atoms with Crippen molar-refractivity contribution in [2.24, 2.45) is 0 Å². The quantitative estimate of drug-likeness (QED) is 0.797. The van der Waals surface area contributed by atoms with Crippen molar-refractivity contribution >= 4 is 11.9 Å². The van der Waals surface area contributed by atoms with E-state index >= 15 is 0 Å². The fourth-order valence-electron chi connectivity index (χ4n) is 1.79. The van der Waals surface area contributed by atoms with Gasteiger partial charge in [-0.3, -0.25) is 4.79 Å². The van der Waals surface area contributed by atoms with Gasteiger partial charge in [-0.2, -0.15) is 0 Å². The molecule has 1 aromatic rings. The molecule has 88 valence electrons. The number of carbonyl (C=O) groups is 2. The smallest absolute Gasteiger partial charge is 0.326 e. The van der Waals surface area contributed by atoms with Crippen molar-refractivity contribution in [1.29, 1.82) is 0 Å². The number of nitrogens with zero attached hydrogens (tertiary/aromatic N) is 1. The molecule has 1 rings (SSSR count). The number of carboxylic acids is 2. The van der Waals surface area contributed by atoms with E-state index in [1.807, 2.05) is 26.0 Å². The molecule has 1 unspecified atom stereocenters. The topological polar surface area (TPSA) is 79.5 Å². The van der Waals surface area contributed by atoms with Crippen molar-refractivity contribution in [3.8, 4) is 0 Å². The van der Waals surface area contributed by atoms with Gasteiger partial charge in [-0.1, -0.05) is 0 Å². The standard InChI is InChI=1S/C11H15NO4/c1-7-3-4-8(2)12(7)9(11(15)16)5-6-10(13)14/h3-4,9H,5-6H2,1-2H3,(H,13,14)(H,15,16). The summed E-state index contributed by atoms with van der Waals surface area (Å²) in [7, 11) is 0. The van der Waals surface area contributed by atoms with E-state index in [1.54, 1.807) is 4.57 Å². The Morgan fingerprint density at radius 2 is 1.75 bits per heavy atom. The van der Waals surface area contributed by atoms with E-state index in [0.29, 0.717) is 0 Å². The highest BCUT2D eigenvalue weighted by Gasteiger charge is 2.22. The largest absolute Gasteiger partial charge is 0.481 e. The molecule has 5 heteroatoms. The molecule has 5 nitrogen and oxygen atoms in total. The van der Waals surface area contributed by atoms with Crippen LogP contribution in [0.3, 0.4) is 0 Å². The maximum Gasteiger partial charge on any atom is 0.326 e. The van der Waals surface area contributed by atoms with Crippen LogP contribution >= 0.6 is 0 Å². The van der Waals surface area contributed by atoms with E-state index in [2.05, 4.69) is 0 Å². The van der Waals surface area contributed by atoms with Crippen LogP contribution in [0, 0.1) is 13.8 Å². The van der Waals surface area contributed by atoms with Crippen molar-refractivity contribution in [3.05, 3.63) is 23.5 Å². The van der Waals surface area contributed by atoms with E-state index in [0.717, 1.165) is 11.4 Å². The number of hydrogen-bond acceptors (Lipinski definition) is 2. The van der Waals surface area contributed by atoms with Crippen molar-refractivity contribution < 1.29 is 19.8 Å². The second kappa shape index (κ2) is 4.83. The molecule has 0 aliphatic rings. The number of carboxylic acid groups (broad SMARTS) is 2. The molecule has 16 heavy (non-hydrogen) atoms. The van der Waals surface area contributed by atoms with Crippen LogP contribution in [0.15, 0.2) is 12.1 Å². The van der Waals surface area contributed by atoms with Crippen molar-refractivity contribution in [2.45, 2.75) is 32.7 Å². The van der Waals surface area contributed by atoms with Gasteiger partial charge in [0.15, 0.2) is 0 Å². The van der Waals surface area contributed by atoms with Crippen LogP contribution in [0.2, 0.25) is 0 Å². The van der Waals surface area contributed by atoms with E-state index in [4.69, 9.17) is 10.2 Å². The molecular formula is C11H15NO4. The first-order chi connectivity index (χ1) is 7.43. The van der Waals surface area contributed by atoms with Crippen LogP contribution in [0.1, 0.15) is 30.3 Å². The normalized spacial score (nSPS) is 12.4. The van der Waals surface area contributed by atoms with E-state index in [-0.39, 0.29) is 12.8 Å². The molecule has 0 radical (unpaired) electrons. The van der Waals surface area contributed by atoms with Crippen LogP contribution in [0.4, 0.5) is 0 Å². The SMILES string of the molecule is Cc1ccc(C)n1C(CCC(=O)O)C(=O)O. The molecule has 0 saturated carbocycles. The predicted molar refractivity (Wildman–Crippen MR) is 57.4 cm³/mol. The monoisotopic (exact) mass is 225 g/mol. The van der Waals surface area contributed by atoms with E-state index < -0.39 is 18.0 Å². The Balaban J connectivity index is 2.94. The fourth-order valence-corrected chi connectivity index (χ4v) is 1.79. The lowest BCUT2D eigenvalue weighted by Crippen LogP contribution is -2.22. The van der Waals surface area contributed by atoms with E-state index in [9.17, 15) is 9.59 Å². The van der Waals surface area contributed by atoms with Crippen LogP contribution < -0.4 is 0 Å². The average molecular weight is 225 g/mol. The molecular weight excluding hydrogens is 210 g/mol. The highest BCUT2D eigenvalue weighted by Crippen LogP contribution is 2.20. The van der Waals surface area contributed by atoms with Gasteiger partial charge in [0.2, 0.25) is 0 Å². The maximum absolute atomic E-state index is 11.1. The molecule has 1 aromatic heterocycles. The van der Waals surface area contributed by atoms with Gasteiger partial charge >= 0.3 is 11.9 Å². The summed E-state index contributed by atoms with van der Waals surface area (Å²) in [6, 6.07) is 2.85. The second-order valence-electron chi connectivity index (χ2n) is 3.77. The van der Waals surface area contributed by atoms with Crippen LogP contribution in [-0.2, 0) is 9.59 Å². The highest BCUT2D eigenvalue weighted by atomic mass is 16.4. The highest BCUT2D eigenvalue weighted by molar-refractivity contribution is 5.74. The molecule has 0 fully saturated rings.